The summed E-state index contributed by atoms with van der Waals surface area (Å²) in [5.41, 5.74) is 6.63. The molecule has 4 rings (SSSR count). The van der Waals surface area contributed by atoms with Crippen molar-refractivity contribution in [2.45, 2.75) is 51.6 Å². The summed E-state index contributed by atoms with van der Waals surface area (Å²) in [6.45, 7) is 3.04. The summed E-state index contributed by atoms with van der Waals surface area (Å²) in [5, 5.41) is 14.8. The summed E-state index contributed by atoms with van der Waals surface area (Å²) in [6.07, 6.45) is -5.43. The van der Waals surface area contributed by atoms with Crippen LogP contribution in [0.5, 0.6) is 0 Å². The minimum atomic E-state index is -4.74. The van der Waals surface area contributed by atoms with Gasteiger partial charge in [0.05, 0.1) is 6.10 Å². The third-order valence-corrected chi connectivity index (χ3v) is 6.42. The molecular weight excluding hydrogens is 533 g/mol. The number of nitrogens with zero attached hydrogens (tertiary/aromatic N) is 4. The van der Waals surface area contributed by atoms with Gasteiger partial charge >= 0.3 is 6.18 Å². The molecule has 0 bridgehead atoms. The van der Waals surface area contributed by atoms with Gasteiger partial charge in [-0.25, -0.2) is 18.3 Å². The number of alkyl halides is 3. The molecule has 7 nitrogen and oxygen atoms in total. The van der Waals surface area contributed by atoms with E-state index in [2.05, 4.69) is 10.1 Å². The van der Waals surface area contributed by atoms with Gasteiger partial charge in [-0.15, -0.1) is 0 Å². The van der Waals surface area contributed by atoms with Gasteiger partial charge in [-0.05, 0) is 54.7 Å². The van der Waals surface area contributed by atoms with Gasteiger partial charge in [0.1, 0.15) is 17.3 Å². The number of hydrogen-bond acceptors (Lipinski definition) is 5. The molecule has 3 N–H and O–H groups in total. The zero-order valence-electron chi connectivity index (χ0n) is 21.8. The van der Waals surface area contributed by atoms with Crippen LogP contribution < -0.4 is 5.73 Å². The summed E-state index contributed by atoms with van der Waals surface area (Å²) in [4.78, 5) is 18.9. The molecule has 2 aromatic carbocycles. The molecule has 0 radical (unpaired) electrons. The maximum absolute atomic E-state index is 13.6. The van der Waals surface area contributed by atoms with E-state index in [-0.39, 0.29) is 42.1 Å². The van der Waals surface area contributed by atoms with Crippen molar-refractivity contribution in [2.24, 2.45) is 5.73 Å². The first-order valence-corrected chi connectivity index (χ1v) is 12.5. The number of carbonyl (C=O) groups is 1. The Morgan fingerprint density at radius 3 is 2.38 bits per heavy atom. The number of amides is 1. The average molecular weight is 562 g/mol. The lowest BCUT2D eigenvalue weighted by Gasteiger charge is -2.28. The Hall–Kier alpha value is -3.90. The van der Waals surface area contributed by atoms with E-state index in [1.807, 2.05) is 25.1 Å². The van der Waals surface area contributed by atoms with Crippen molar-refractivity contribution in [1.29, 1.82) is 0 Å². The summed E-state index contributed by atoms with van der Waals surface area (Å²) in [5.74, 6) is -2.34. The van der Waals surface area contributed by atoms with Gasteiger partial charge in [-0.3, -0.25) is 4.79 Å². The van der Waals surface area contributed by atoms with Crippen LogP contribution in [-0.2, 0) is 25.6 Å². The topological polar surface area (TPSA) is 96.8 Å². The minimum absolute atomic E-state index is 0.00248. The molecule has 0 aliphatic rings. The zero-order valence-corrected chi connectivity index (χ0v) is 21.8. The molecule has 2 heterocycles. The predicted octanol–water partition coefficient (Wildman–Crippen LogP) is 4.47. The van der Waals surface area contributed by atoms with Crippen molar-refractivity contribution in [1.82, 2.24) is 19.5 Å². The zero-order chi connectivity index (χ0) is 29.2. The fourth-order valence-electron chi connectivity index (χ4n) is 4.45. The predicted molar refractivity (Wildman–Crippen MR) is 137 cm³/mol. The maximum Gasteiger partial charge on any atom is 0.433 e. The maximum atomic E-state index is 13.6. The van der Waals surface area contributed by atoms with E-state index in [4.69, 9.17) is 5.73 Å². The number of benzene rings is 2. The Bertz CT molecular complexity index is 1500. The summed E-state index contributed by atoms with van der Waals surface area (Å²) in [6, 6.07) is 11.3. The Morgan fingerprint density at radius 2 is 1.73 bits per heavy atom. The van der Waals surface area contributed by atoms with Crippen LogP contribution in [0.3, 0.4) is 0 Å². The molecule has 1 amide bonds. The van der Waals surface area contributed by atoms with E-state index >= 15 is 0 Å². The lowest BCUT2D eigenvalue weighted by Crippen LogP contribution is -2.46. The molecule has 0 fully saturated rings. The van der Waals surface area contributed by atoms with Crippen LogP contribution in [0.2, 0.25) is 0 Å². The number of halogens is 5. The molecule has 4 aromatic rings. The first-order chi connectivity index (χ1) is 18.8. The minimum Gasteiger partial charge on any atom is -0.390 e. The first kappa shape index (κ1) is 29.1. The van der Waals surface area contributed by atoms with Crippen molar-refractivity contribution in [3.8, 4) is 0 Å². The SMILES string of the molecule is CCc1cccc(CN(C[C@@H](O)[C@@H](N)Cc2cc(F)cc(F)c2)C(=O)c2cc3nc(C)cc(C(F)(F)F)n3n2)c1. The van der Waals surface area contributed by atoms with E-state index in [0.717, 1.165) is 41.8 Å². The van der Waals surface area contributed by atoms with E-state index in [1.54, 1.807) is 6.07 Å². The number of hydrogen-bond donors (Lipinski definition) is 2. The lowest BCUT2D eigenvalue weighted by atomic mass is 10.0. The van der Waals surface area contributed by atoms with Gasteiger partial charge in [0.2, 0.25) is 0 Å². The molecule has 0 unspecified atom stereocenters. The Morgan fingerprint density at radius 1 is 1.05 bits per heavy atom. The fourth-order valence-corrected chi connectivity index (χ4v) is 4.45. The molecule has 212 valence electrons. The van der Waals surface area contributed by atoms with Crippen molar-refractivity contribution >= 4 is 11.6 Å². The Labute approximate surface area is 227 Å². The van der Waals surface area contributed by atoms with Crippen molar-refractivity contribution in [2.75, 3.05) is 6.54 Å². The molecule has 0 spiro atoms. The second-order valence-electron chi connectivity index (χ2n) is 9.65. The summed E-state index contributed by atoms with van der Waals surface area (Å²) < 4.78 is 68.7. The Kier molecular flexibility index (Phi) is 8.50. The molecule has 2 aromatic heterocycles. The van der Waals surface area contributed by atoms with E-state index in [9.17, 15) is 31.9 Å². The number of aryl methyl sites for hydroxylation is 2. The standard InChI is InChI=1S/C28H28F5N5O2/c1-3-17-5-4-6-18(8-17)14-37(15-24(39)22(34)11-19-9-20(29)12-21(30)10-19)27(40)23-13-26-35-16(2)7-25(28(31,32)33)38(26)36-23/h4-10,12-13,22,24,39H,3,11,14-15,34H2,1-2H3/t22-,24+/m0/s1. The molecule has 0 saturated carbocycles. The van der Waals surface area contributed by atoms with Crippen LogP contribution in [0.4, 0.5) is 22.0 Å². The highest BCUT2D eigenvalue weighted by Gasteiger charge is 2.35. The molecule has 2 atom stereocenters. The van der Waals surface area contributed by atoms with E-state index in [1.165, 1.54) is 11.8 Å². The summed E-state index contributed by atoms with van der Waals surface area (Å²) in [7, 11) is 0. The van der Waals surface area contributed by atoms with Crippen molar-refractivity contribution < 1.29 is 31.9 Å². The fraction of sp³-hybridized carbons (Fsp3) is 0.321. The summed E-state index contributed by atoms with van der Waals surface area (Å²) >= 11 is 0. The number of aliphatic hydroxyl groups excluding tert-OH is 1. The van der Waals surface area contributed by atoms with Crippen LogP contribution in [0.1, 0.15) is 45.5 Å². The highest BCUT2D eigenvalue weighted by atomic mass is 19.4. The van der Waals surface area contributed by atoms with Crippen molar-refractivity contribution in [3.05, 3.63) is 100 Å². The highest BCUT2D eigenvalue weighted by molar-refractivity contribution is 5.93. The number of aliphatic hydroxyl groups is 1. The van der Waals surface area contributed by atoms with Gasteiger partial charge in [0, 0.05) is 37.0 Å². The van der Waals surface area contributed by atoms with Gasteiger partial charge in [0.15, 0.2) is 11.3 Å². The number of aromatic nitrogens is 3. The molecule has 12 heteroatoms. The number of nitrogens with two attached hydrogens (primary N) is 1. The molecule has 40 heavy (non-hydrogen) atoms. The van der Waals surface area contributed by atoms with Gasteiger partial charge in [0.25, 0.3) is 5.91 Å². The third-order valence-electron chi connectivity index (χ3n) is 6.42. The Balaban J connectivity index is 1.65. The van der Waals surface area contributed by atoms with Crippen LogP contribution in [0.15, 0.2) is 54.6 Å². The van der Waals surface area contributed by atoms with Gasteiger partial charge in [-0.1, -0.05) is 31.2 Å². The monoisotopic (exact) mass is 561 g/mol. The van der Waals surface area contributed by atoms with E-state index < -0.39 is 41.6 Å². The van der Waals surface area contributed by atoms with Crippen LogP contribution >= 0.6 is 0 Å². The average Bonchev–Trinajstić information content (AvgIpc) is 3.30. The van der Waals surface area contributed by atoms with Crippen LogP contribution in [-0.4, -0.2) is 49.2 Å². The molecule has 0 saturated heterocycles. The number of fused-ring (bicyclic) bond motifs is 1. The quantitative estimate of drug-likeness (QED) is 0.294. The molecule has 0 aliphatic carbocycles. The normalized spacial score (nSPS) is 13.4. The largest absolute Gasteiger partial charge is 0.433 e. The second-order valence-corrected chi connectivity index (χ2v) is 9.65. The molecular formula is C28H28F5N5O2. The smallest absolute Gasteiger partial charge is 0.390 e. The highest BCUT2D eigenvalue weighted by Crippen LogP contribution is 2.30. The lowest BCUT2D eigenvalue weighted by molar-refractivity contribution is -0.142. The number of carbonyl (C=O) groups excluding carboxylic acids is 1. The van der Waals surface area contributed by atoms with Crippen molar-refractivity contribution in [3.63, 3.8) is 0 Å². The van der Waals surface area contributed by atoms with Gasteiger partial charge in [-0.2, -0.15) is 18.3 Å². The third kappa shape index (κ3) is 6.80. The first-order valence-electron chi connectivity index (χ1n) is 12.5. The van der Waals surface area contributed by atoms with Crippen LogP contribution in [0.25, 0.3) is 5.65 Å². The molecule has 0 aliphatic heterocycles. The van der Waals surface area contributed by atoms with Crippen LogP contribution in [0, 0.1) is 18.6 Å². The van der Waals surface area contributed by atoms with E-state index in [0.29, 0.717) is 10.6 Å². The number of rotatable bonds is 9. The second kappa shape index (κ2) is 11.7. The van der Waals surface area contributed by atoms with Gasteiger partial charge < -0.3 is 15.7 Å².